The van der Waals surface area contributed by atoms with E-state index in [4.69, 9.17) is 20.9 Å². The van der Waals surface area contributed by atoms with Crippen molar-refractivity contribution in [1.29, 1.82) is 0 Å². The number of fused-ring (bicyclic) bond motifs is 6. The van der Waals surface area contributed by atoms with Crippen LogP contribution in [0.2, 0.25) is 0 Å². The Hall–Kier alpha value is -3.80. The standard InChI is InChI=1S/C22H16N2O4.C2H6/c1-11(25)12-2-5-16-15(8-12)21(26)28-22(16)17-6-3-13(23)9-19(17)27-20-10-14(24)4-7-18(20)22;1-2/h2-10H,23-24H2,1H3;1-2H3. The highest BCUT2D eigenvalue weighted by atomic mass is 16.6. The summed E-state index contributed by atoms with van der Waals surface area (Å²) in [4.78, 5) is 24.6. The van der Waals surface area contributed by atoms with Crippen LogP contribution in [0.3, 0.4) is 0 Å². The van der Waals surface area contributed by atoms with E-state index in [0.29, 0.717) is 50.7 Å². The first-order valence-corrected chi connectivity index (χ1v) is 9.77. The molecule has 2 aliphatic rings. The molecule has 0 aliphatic carbocycles. The van der Waals surface area contributed by atoms with Gasteiger partial charge in [-0.15, -0.1) is 0 Å². The third-order valence-electron chi connectivity index (χ3n) is 5.26. The molecular weight excluding hydrogens is 380 g/mol. The third kappa shape index (κ3) is 2.64. The topological polar surface area (TPSA) is 105 Å². The summed E-state index contributed by atoms with van der Waals surface area (Å²) in [6.45, 7) is 5.46. The number of carbonyl (C=O) groups excluding carboxylic acids is 2. The smallest absolute Gasteiger partial charge is 0.340 e. The van der Waals surface area contributed by atoms with Crippen LogP contribution in [-0.4, -0.2) is 11.8 Å². The summed E-state index contributed by atoms with van der Waals surface area (Å²) in [5, 5.41) is 0. The van der Waals surface area contributed by atoms with Crippen molar-refractivity contribution in [2.75, 3.05) is 11.5 Å². The minimum absolute atomic E-state index is 0.120. The maximum Gasteiger partial charge on any atom is 0.340 e. The highest BCUT2D eigenvalue weighted by Crippen LogP contribution is 2.56. The van der Waals surface area contributed by atoms with Crippen LogP contribution in [0.5, 0.6) is 11.5 Å². The Morgan fingerprint density at radius 1 is 0.833 bits per heavy atom. The van der Waals surface area contributed by atoms with Crippen molar-refractivity contribution in [2.24, 2.45) is 0 Å². The lowest BCUT2D eigenvalue weighted by molar-refractivity contribution is 0.0224. The van der Waals surface area contributed by atoms with Crippen LogP contribution >= 0.6 is 0 Å². The second-order valence-electron chi connectivity index (χ2n) is 7.00. The summed E-state index contributed by atoms with van der Waals surface area (Å²) in [5.74, 6) is 0.374. The molecule has 0 atom stereocenters. The van der Waals surface area contributed by atoms with Crippen molar-refractivity contribution in [1.82, 2.24) is 0 Å². The molecule has 0 amide bonds. The van der Waals surface area contributed by atoms with Gasteiger partial charge in [-0.2, -0.15) is 0 Å². The van der Waals surface area contributed by atoms with Gasteiger partial charge in [0.2, 0.25) is 0 Å². The number of nitrogen functional groups attached to an aromatic ring is 2. The van der Waals surface area contributed by atoms with Gasteiger partial charge >= 0.3 is 5.97 Å². The van der Waals surface area contributed by atoms with Crippen LogP contribution in [0.1, 0.15) is 58.2 Å². The van der Waals surface area contributed by atoms with E-state index in [2.05, 4.69) is 0 Å². The molecule has 0 radical (unpaired) electrons. The summed E-state index contributed by atoms with van der Waals surface area (Å²) in [6.07, 6.45) is 0. The molecule has 152 valence electrons. The van der Waals surface area contributed by atoms with Gasteiger partial charge < -0.3 is 20.9 Å². The second-order valence-corrected chi connectivity index (χ2v) is 7.00. The van der Waals surface area contributed by atoms with Gasteiger partial charge in [0.05, 0.1) is 5.56 Å². The number of carbonyl (C=O) groups is 2. The molecule has 3 aromatic carbocycles. The van der Waals surface area contributed by atoms with Crippen LogP contribution in [0, 0.1) is 0 Å². The molecule has 1 spiro atoms. The van der Waals surface area contributed by atoms with Gasteiger partial charge in [0, 0.05) is 45.8 Å². The van der Waals surface area contributed by atoms with Gasteiger partial charge in [-0.05, 0) is 37.3 Å². The first-order chi connectivity index (χ1) is 14.4. The minimum Gasteiger partial charge on any atom is -0.456 e. The molecule has 0 unspecified atom stereocenters. The van der Waals surface area contributed by atoms with E-state index in [1.54, 1.807) is 54.6 Å². The Morgan fingerprint density at radius 3 is 1.90 bits per heavy atom. The van der Waals surface area contributed by atoms with Gasteiger partial charge in [0.15, 0.2) is 11.4 Å². The van der Waals surface area contributed by atoms with Crippen molar-refractivity contribution in [2.45, 2.75) is 26.4 Å². The average Bonchev–Trinajstić information content (AvgIpc) is 3.01. The number of ketones is 1. The van der Waals surface area contributed by atoms with Gasteiger partial charge in [-0.3, -0.25) is 4.79 Å². The highest BCUT2D eigenvalue weighted by Gasteiger charge is 2.53. The van der Waals surface area contributed by atoms with E-state index in [9.17, 15) is 9.59 Å². The molecule has 30 heavy (non-hydrogen) atoms. The number of rotatable bonds is 1. The normalized spacial score (nSPS) is 14.4. The molecule has 0 saturated carbocycles. The van der Waals surface area contributed by atoms with Gasteiger partial charge in [-0.25, -0.2) is 4.79 Å². The number of ether oxygens (including phenoxy) is 2. The number of benzene rings is 3. The largest absolute Gasteiger partial charge is 0.456 e. The Balaban J connectivity index is 0.00000106. The fourth-order valence-corrected chi connectivity index (χ4v) is 3.98. The molecule has 0 aromatic heterocycles. The second kappa shape index (κ2) is 6.91. The molecule has 0 saturated heterocycles. The quantitative estimate of drug-likeness (QED) is 0.349. The monoisotopic (exact) mass is 402 g/mol. The number of anilines is 2. The first-order valence-electron chi connectivity index (χ1n) is 9.77. The third-order valence-corrected chi connectivity index (χ3v) is 5.26. The van der Waals surface area contributed by atoms with Gasteiger partial charge in [0.25, 0.3) is 0 Å². The number of Topliss-reactive ketones (excluding diaryl/α,β-unsaturated/α-hetero) is 1. The van der Waals surface area contributed by atoms with Crippen LogP contribution < -0.4 is 16.2 Å². The fourth-order valence-electron chi connectivity index (χ4n) is 3.98. The average molecular weight is 402 g/mol. The van der Waals surface area contributed by atoms with Gasteiger partial charge in [0.1, 0.15) is 11.5 Å². The number of hydrogen-bond donors (Lipinski definition) is 2. The molecule has 6 heteroatoms. The molecule has 2 heterocycles. The summed E-state index contributed by atoms with van der Waals surface area (Å²) in [6, 6.07) is 15.5. The van der Waals surface area contributed by atoms with Crippen molar-refractivity contribution in [3.8, 4) is 11.5 Å². The lowest BCUT2D eigenvalue weighted by Gasteiger charge is -2.36. The maximum absolute atomic E-state index is 12.8. The van der Waals surface area contributed by atoms with E-state index in [-0.39, 0.29) is 5.78 Å². The van der Waals surface area contributed by atoms with E-state index in [1.165, 1.54) is 6.92 Å². The number of hydrogen-bond acceptors (Lipinski definition) is 6. The molecule has 0 fully saturated rings. The summed E-state index contributed by atoms with van der Waals surface area (Å²) in [5.41, 5.74) is 14.6. The van der Waals surface area contributed by atoms with E-state index < -0.39 is 11.6 Å². The summed E-state index contributed by atoms with van der Waals surface area (Å²) < 4.78 is 12.0. The van der Waals surface area contributed by atoms with Gasteiger partial charge in [-0.1, -0.05) is 26.0 Å². The zero-order valence-electron chi connectivity index (χ0n) is 17.0. The summed E-state index contributed by atoms with van der Waals surface area (Å²) >= 11 is 0. The number of esters is 1. The van der Waals surface area contributed by atoms with Crippen LogP contribution in [-0.2, 0) is 10.3 Å². The molecule has 0 bridgehead atoms. The lowest BCUT2D eigenvalue weighted by atomic mass is 9.77. The lowest BCUT2D eigenvalue weighted by Crippen LogP contribution is -2.33. The molecule has 5 rings (SSSR count). The van der Waals surface area contributed by atoms with Crippen LogP contribution in [0.15, 0.2) is 54.6 Å². The zero-order valence-corrected chi connectivity index (χ0v) is 17.0. The van der Waals surface area contributed by atoms with Crippen molar-refractivity contribution in [3.63, 3.8) is 0 Å². The summed E-state index contributed by atoms with van der Waals surface area (Å²) in [7, 11) is 0. The SMILES string of the molecule is CC.CC(=O)c1ccc2c(c1)C(=O)OC21c2ccc(N)cc2Oc2cc(N)ccc21. The molecular formula is C24H22N2O4. The van der Waals surface area contributed by atoms with Crippen molar-refractivity contribution < 1.29 is 19.1 Å². The van der Waals surface area contributed by atoms with Crippen molar-refractivity contribution in [3.05, 3.63) is 82.4 Å². The van der Waals surface area contributed by atoms with E-state index in [1.807, 2.05) is 13.8 Å². The van der Waals surface area contributed by atoms with E-state index in [0.717, 1.165) is 0 Å². The maximum atomic E-state index is 12.8. The molecule has 6 nitrogen and oxygen atoms in total. The Bertz CT molecular complexity index is 1150. The molecule has 4 N–H and O–H groups in total. The molecule has 2 aliphatic heterocycles. The Morgan fingerprint density at radius 2 is 1.37 bits per heavy atom. The minimum atomic E-state index is -1.19. The predicted molar refractivity (Wildman–Crippen MR) is 115 cm³/mol. The zero-order chi connectivity index (χ0) is 21.6. The number of nitrogens with two attached hydrogens (primary N) is 2. The fraction of sp³-hybridized carbons (Fsp3) is 0.167. The Kier molecular flexibility index (Phi) is 4.50. The van der Waals surface area contributed by atoms with Crippen molar-refractivity contribution >= 4 is 23.1 Å². The van der Waals surface area contributed by atoms with Crippen LogP contribution in [0.25, 0.3) is 0 Å². The molecule has 3 aromatic rings. The Labute approximate surface area is 174 Å². The van der Waals surface area contributed by atoms with E-state index >= 15 is 0 Å². The first kappa shape index (κ1) is 19.5. The van der Waals surface area contributed by atoms with Crippen LogP contribution in [0.4, 0.5) is 11.4 Å². The predicted octanol–water partition coefficient (Wildman–Crippen LogP) is 4.65. The highest BCUT2D eigenvalue weighted by molar-refractivity contribution is 6.01.